The highest BCUT2D eigenvalue weighted by Crippen LogP contribution is 2.37. The summed E-state index contributed by atoms with van der Waals surface area (Å²) < 4.78 is 17.3. The second kappa shape index (κ2) is 6.86. The number of para-hydroxylation sites is 1. The van der Waals surface area contributed by atoms with Crippen molar-refractivity contribution in [1.29, 1.82) is 0 Å². The molecule has 2 aromatic carbocycles. The number of hydrogen-bond donors (Lipinski definition) is 0. The monoisotopic (exact) mass is 356 g/mol. The van der Waals surface area contributed by atoms with Crippen LogP contribution < -0.4 is 14.2 Å². The fourth-order valence-electron chi connectivity index (χ4n) is 1.75. The van der Waals surface area contributed by atoms with E-state index in [0.717, 1.165) is 10.0 Å². The fraction of sp³-hybridized carbons (Fsp3) is 0.200. The van der Waals surface area contributed by atoms with E-state index in [-0.39, 0.29) is 0 Å². The first-order valence-corrected chi connectivity index (χ1v) is 7.10. The third-order valence-electron chi connectivity index (χ3n) is 2.77. The second-order valence-electron chi connectivity index (χ2n) is 4.02. The molecule has 3 nitrogen and oxygen atoms in total. The molecule has 0 fully saturated rings. The Morgan fingerprint density at radius 2 is 1.70 bits per heavy atom. The molecule has 20 heavy (non-hydrogen) atoms. The van der Waals surface area contributed by atoms with E-state index in [1.54, 1.807) is 14.2 Å². The van der Waals surface area contributed by atoms with Crippen LogP contribution in [-0.4, -0.2) is 14.2 Å². The van der Waals surface area contributed by atoms with Gasteiger partial charge in [0.2, 0.25) is 5.75 Å². The van der Waals surface area contributed by atoms with Gasteiger partial charge in [-0.05, 0) is 24.3 Å². The highest BCUT2D eigenvalue weighted by Gasteiger charge is 2.12. The van der Waals surface area contributed by atoms with Crippen molar-refractivity contribution >= 4 is 27.5 Å². The highest BCUT2D eigenvalue weighted by molar-refractivity contribution is 9.10. The largest absolute Gasteiger partial charge is 0.493 e. The smallest absolute Gasteiger partial charge is 0.203 e. The molecule has 0 unspecified atom stereocenters. The Morgan fingerprint density at radius 1 is 1.05 bits per heavy atom. The van der Waals surface area contributed by atoms with Crippen molar-refractivity contribution in [2.24, 2.45) is 0 Å². The molecule has 0 heterocycles. The van der Waals surface area contributed by atoms with E-state index in [0.29, 0.717) is 28.9 Å². The van der Waals surface area contributed by atoms with Crippen molar-refractivity contribution in [2.75, 3.05) is 14.2 Å². The highest BCUT2D eigenvalue weighted by atomic mass is 79.9. The van der Waals surface area contributed by atoms with Crippen LogP contribution in [0.4, 0.5) is 0 Å². The van der Waals surface area contributed by atoms with Gasteiger partial charge in [0.05, 0.1) is 14.2 Å². The molecule has 2 rings (SSSR count). The van der Waals surface area contributed by atoms with Gasteiger partial charge in [-0.3, -0.25) is 0 Å². The SMILES string of the molecule is COc1cccc(OC)c1OCc1ccc(Br)cc1Cl. The minimum Gasteiger partial charge on any atom is -0.493 e. The summed E-state index contributed by atoms with van der Waals surface area (Å²) in [4.78, 5) is 0. The molecule has 0 saturated carbocycles. The molecule has 0 spiro atoms. The summed E-state index contributed by atoms with van der Waals surface area (Å²) in [5.41, 5.74) is 0.892. The van der Waals surface area contributed by atoms with Crippen molar-refractivity contribution in [3.8, 4) is 17.2 Å². The maximum atomic E-state index is 6.17. The maximum Gasteiger partial charge on any atom is 0.203 e. The van der Waals surface area contributed by atoms with Crippen molar-refractivity contribution in [1.82, 2.24) is 0 Å². The van der Waals surface area contributed by atoms with E-state index >= 15 is 0 Å². The van der Waals surface area contributed by atoms with E-state index in [1.165, 1.54) is 0 Å². The predicted molar refractivity (Wildman–Crippen MR) is 83.0 cm³/mol. The van der Waals surface area contributed by atoms with Gasteiger partial charge in [-0.15, -0.1) is 0 Å². The average Bonchev–Trinajstić information content (AvgIpc) is 2.46. The standard InChI is InChI=1S/C15H14BrClO3/c1-18-13-4-3-5-14(19-2)15(13)20-9-10-6-7-11(16)8-12(10)17/h3-8H,9H2,1-2H3. The lowest BCUT2D eigenvalue weighted by Crippen LogP contribution is -2.00. The zero-order valence-electron chi connectivity index (χ0n) is 11.2. The van der Waals surface area contributed by atoms with Gasteiger partial charge in [0.1, 0.15) is 6.61 Å². The number of hydrogen-bond acceptors (Lipinski definition) is 3. The van der Waals surface area contributed by atoms with Crippen LogP contribution in [0.2, 0.25) is 5.02 Å². The second-order valence-corrected chi connectivity index (χ2v) is 5.34. The average molecular weight is 358 g/mol. The molecule has 0 aliphatic carbocycles. The van der Waals surface area contributed by atoms with Gasteiger partial charge in [-0.25, -0.2) is 0 Å². The molecule has 106 valence electrons. The van der Waals surface area contributed by atoms with Gasteiger partial charge >= 0.3 is 0 Å². The first-order valence-electron chi connectivity index (χ1n) is 5.93. The van der Waals surface area contributed by atoms with Crippen molar-refractivity contribution in [3.05, 3.63) is 51.5 Å². The molecule has 0 N–H and O–H groups in total. The van der Waals surface area contributed by atoms with E-state index < -0.39 is 0 Å². The first kappa shape index (κ1) is 15.0. The Kier molecular flexibility index (Phi) is 5.15. The number of halogens is 2. The molecule has 2 aromatic rings. The molecular formula is C15H14BrClO3. The first-order chi connectivity index (χ1) is 9.65. The van der Waals surface area contributed by atoms with Gasteiger partial charge in [-0.2, -0.15) is 0 Å². The number of rotatable bonds is 5. The molecule has 0 aliphatic heterocycles. The van der Waals surface area contributed by atoms with E-state index in [1.807, 2.05) is 36.4 Å². The Hall–Kier alpha value is -1.39. The van der Waals surface area contributed by atoms with Crippen LogP contribution in [0, 0.1) is 0 Å². The third kappa shape index (κ3) is 3.38. The molecule has 0 radical (unpaired) electrons. The topological polar surface area (TPSA) is 27.7 Å². The number of ether oxygens (including phenoxy) is 3. The van der Waals surface area contributed by atoms with Crippen molar-refractivity contribution < 1.29 is 14.2 Å². The maximum absolute atomic E-state index is 6.17. The van der Waals surface area contributed by atoms with Crippen LogP contribution in [0.15, 0.2) is 40.9 Å². The Labute approximate surface area is 131 Å². The van der Waals surface area contributed by atoms with Crippen LogP contribution in [0.5, 0.6) is 17.2 Å². The lowest BCUT2D eigenvalue weighted by molar-refractivity contribution is 0.266. The van der Waals surface area contributed by atoms with Crippen molar-refractivity contribution in [2.45, 2.75) is 6.61 Å². The molecule has 0 aliphatic rings. The summed E-state index contributed by atoms with van der Waals surface area (Å²) >= 11 is 9.54. The summed E-state index contributed by atoms with van der Waals surface area (Å²) in [6.45, 7) is 0.336. The van der Waals surface area contributed by atoms with E-state index in [4.69, 9.17) is 25.8 Å². The van der Waals surface area contributed by atoms with Crippen LogP contribution >= 0.6 is 27.5 Å². The zero-order chi connectivity index (χ0) is 14.5. The molecule has 0 saturated heterocycles. The number of benzene rings is 2. The molecule has 0 aromatic heterocycles. The van der Waals surface area contributed by atoms with Crippen LogP contribution in [0.3, 0.4) is 0 Å². The minimum atomic E-state index is 0.336. The third-order valence-corrected chi connectivity index (χ3v) is 3.61. The van der Waals surface area contributed by atoms with Crippen molar-refractivity contribution in [3.63, 3.8) is 0 Å². The Balaban J connectivity index is 2.22. The minimum absolute atomic E-state index is 0.336. The molecule has 0 amide bonds. The Bertz CT molecular complexity index is 579. The molecule has 0 atom stereocenters. The van der Waals surface area contributed by atoms with Crippen LogP contribution in [0.1, 0.15) is 5.56 Å². The fourth-order valence-corrected chi connectivity index (χ4v) is 2.48. The van der Waals surface area contributed by atoms with Crippen LogP contribution in [0.25, 0.3) is 0 Å². The Morgan fingerprint density at radius 3 is 2.25 bits per heavy atom. The quantitative estimate of drug-likeness (QED) is 0.776. The molecular weight excluding hydrogens is 344 g/mol. The molecule has 0 bridgehead atoms. The number of methoxy groups -OCH3 is 2. The summed E-state index contributed by atoms with van der Waals surface area (Å²) in [5.74, 6) is 1.81. The lowest BCUT2D eigenvalue weighted by atomic mass is 10.2. The van der Waals surface area contributed by atoms with Gasteiger partial charge < -0.3 is 14.2 Å². The normalized spacial score (nSPS) is 10.2. The van der Waals surface area contributed by atoms with Gasteiger partial charge in [0, 0.05) is 15.1 Å². The molecule has 5 heteroatoms. The van der Waals surface area contributed by atoms with E-state index in [2.05, 4.69) is 15.9 Å². The summed E-state index contributed by atoms with van der Waals surface area (Å²) in [5, 5.41) is 0.647. The van der Waals surface area contributed by atoms with Gasteiger partial charge in [-0.1, -0.05) is 39.7 Å². The van der Waals surface area contributed by atoms with Gasteiger partial charge in [0.25, 0.3) is 0 Å². The summed E-state index contributed by atoms with van der Waals surface area (Å²) in [7, 11) is 3.18. The van der Waals surface area contributed by atoms with Crippen LogP contribution in [-0.2, 0) is 6.61 Å². The lowest BCUT2D eigenvalue weighted by Gasteiger charge is -2.14. The summed E-state index contributed by atoms with van der Waals surface area (Å²) in [6.07, 6.45) is 0. The zero-order valence-corrected chi connectivity index (χ0v) is 13.5. The summed E-state index contributed by atoms with van der Waals surface area (Å²) in [6, 6.07) is 11.2. The van der Waals surface area contributed by atoms with E-state index in [9.17, 15) is 0 Å². The van der Waals surface area contributed by atoms with Gasteiger partial charge in [0.15, 0.2) is 11.5 Å². The predicted octanol–water partition coefficient (Wildman–Crippen LogP) is 4.70.